The van der Waals surface area contributed by atoms with E-state index in [4.69, 9.17) is 14.2 Å². The van der Waals surface area contributed by atoms with Crippen LogP contribution in [0.15, 0.2) is 65.2 Å². The molecular weight excluding hydrogens is 452 g/mol. The lowest BCUT2D eigenvalue weighted by Crippen LogP contribution is -2.20. The second kappa shape index (κ2) is 11.4. The average Bonchev–Trinajstić information content (AvgIpc) is 2.76. The summed E-state index contributed by atoms with van der Waals surface area (Å²) in [5.41, 5.74) is 1.01. The summed E-state index contributed by atoms with van der Waals surface area (Å²) in [5.74, 6) is -0.397. The highest BCUT2D eigenvalue weighted by atomic mass is 79.9. The van der Waals surface area contributed by atoms with Crippen LogP contribution in [-0.4, -0.2) is 32.2 Å². The van der Waals surface area contributed by atoms with Crippen molar-refractivity contribution in [2.45, 2.75) is 0 Å². The molecule has 1 amide bonds. The fraction of sp³-hybridized carbons (Fsp3) is 0.136. The minimum absolute atomic E-state index is 0.0102. The van der Waals surface area contributed by atoms with Gasteiger partial charge in [0.05, 0.1) is 7.11 Å². The highest BCUT2D eigenvalue weighted by molar-refractivity contribution is 9.10. The van der Waals surface area contributed by atoms with Crippen LogP contribution in [0.5, 0.6) is 11.5 Å². The number of carbonyl (C=O) groups excluding carboxylic acids is 2. The van der Waals surface area contributed by atoms with Crippen LogP contribution in [0.2, 0.25) is 0 Å². The van der Waals surface area contributed by atoms with Crippen molar-refractivity contribution >= 4 is 39.6 Å². The second-order valence-electron chi connectivity index (χ2n) is 5.81. The Kier molecular flexibility index (Phi) is 8.66. The van der Waals surface area contributed by atoms with E-state index in [9.17, 15) is 14.9 Å². The van der Waals surface area contributed by atoms with E-state index in [0.29, 0.717) is 22.7 Å². The van der Waals surface area contributed by atoms with Gasteiger partial charge < -0.3 is 19.5 Å². The van der Waals surface area contributed by atoms with Gasteiger partial charge in [-0.3, -0.25) is 4.79 Å². The molecule has 0 unspecified atom stereocenters. The van der Waals surface area contributed by atoms with Gasteiger partial charge in [-0.15, -0.1) is 0 Å². The molecule has 30 heavy (non-hydrogen) atoms. The van der Waals surface area contributed by atoms with E-state index in [1.807, 2.05) is 12.1 Å². The molecule has 0 aliphatic carbocycles. The fourth-order valence-electron chi connectivity index (χ4n) is 2.28. The normalized spacial score (nSPS) is 10.5. The number of esters is 1. The maximum Gasteiger partial charge on any atom is 0.349 e. The van der Waals surface area contributed by atoms with E-state index in [1.165, 1.54) is 19.3 Å². The molecular formula is C22H19BrN2O5. The smallest absolute Gasteiger partial charge is 0.349 e. The number of ether oxygens (including phenoxy) is 3. The van der Waals surface area contributed by atoms with Crippen molar-refractivity contribution in [3.8, 4) is 17.6 Å². The first-order chi connectivity index (χ1) is 14.5. The number of hydrogen-bond donors (Lipinski definition) is 1. The predicted octanol–water partition coefficient (Wildman–Crippen LogP) is 4.11. The van der Waals surface area contributed by atoms with Crippen molar-refractivity contribution in [2.24, 2.45) is 0 Å². The van der Waals surface area contributed by atoms with Gasteiger partial charge in [-0.25, -0.2) is 4.79 Å². The molecule has 2 rings (SSSR count). The molecule has 1 N–H and O–H groups in total. The van der Waals surface area contributed by atoms with E-state index < -0.39 is 5.97 Å². The Morgan fingerprint density at radius 3 is 2.57 bits per heavy atom. The standard InChI is InChI=1S/C22H19BrN2O5/c1-3-10-29-22(27)16(13-24)11-15-4-9-19(20(12-15)28-2)30-14-21(26)25-18-7-5-17(23)6-8-18/h3-9,11-12H,1,10,14H2,2H3,(H,25,26)/b16-11+. The number of halogens is 1. The van der Waals surface area contributed by atoms with Crippen LogP contribution in [0.3, 0.4) is 0 Å². The van der Waals surface area contributed by atoms with Gasteiger partial charge in [0.2, 0.25) is 0 Å². The zero-order chi connectivity index (χ0) is 21.9. The highest BCUT2D eigenvalue weighted by Gasteiger charge is 2.12. The van der Waals surface area contributed by atoms with Gasteiger partial charge >= 0.3 is 5.97 Å². The Balaban J connectivity index is 2.06. The molecule has 0 radical (unpaired) electrons. The maximum absolute atomic E-state index is 12.1. The van der Waals surface area contributed by atoms with E-state index in [0.717, 1.165) is 4.47 Å². The first-order valence-electron chi connectivity index (χ1n) is 8.73. The highest BCUT2D eigenvalue weighted by Crippen LogP contribution is 2.29. The van der Waals surface area contributed by atoms with Gasteiger partial charge in [-0.05, 0) is 48.0 Å². The van der Waals surface area contributed by atoms with E-state index in [2.05, 4.69) is 27.8 Å². The largest absolute Gasteiger partial charge is 0.493 e. The van der Waals surface area contributed by atoms with Gasteiger partial charge in [0.15, 0.2) is 18.1 Å². The van der Waals surface area contributed by atoms with Crippen molar-refractivity contribution in [1.29, 1.82) is 5.26 Å². The molecule has 0 spiro atoms. The van der Waals surface area contributed by atoms with Gasteiger partial charge in [-0.1, -0.05) is 34.7 Å². The molecule has 0 saturated carbocycles. The minimum atomic E-state index is -0.749. The average molecular weight is 471 g/mol. The van der Waals surface area contributed by atoms with Crippen molar-refractivity contribution < 1.29 is 23.8 Å². The topological polar surface area (TPSA) is 97.7 Å². The Bertz CT molecular complexity index is 994. The number of nitrogens with one attached hydrogen (secondary N) is 1. The summed E-state index contributed by atoms with van der Waals surface area (Å²) in [6.45, 7) is 3.24. The molecule has 0 fully saturated rings. The molecule has 0 heterocycles. The first-order valence-corrected chi connectivity index (χ1v) is 9.52. The number of benzene rings is 2. The number of hydrogen-bond acceptors (Lipinski definition) is 6. The monoisotopic (exact) mass is 470 g/mol. The second-order valence-corrected chi connectivity index (χ2v) is 6.73. The van der Waals surface area contributed by atoms with Crippen LogP contribution in [0, 0.1) is 11.3 Å². The Morgan fingerprint density at radius 1 is 1.20 bits per heavy atom. The number of methoxy groups -OCH3 is 1. The van der Waals surface area contributed by atoms with Gasteiger partial charge in [0.1, 0.15) is 18.2 Å². The summed E-state index contributed by atoms with van der Waals surface area (Å²) in [7, 11) is 1.45. The van der Waals surface area contributed by atoms with Crippen LogP contribution < -0.4 is 14.8 Å². The van der Waals surface area contributed by atoms with Crippen LogP contribution in [0.1, 0.15) is 5.56 Å². The summed E-state index contributed by atoms with van der Waals surface area (Å²) in [6, 6.07) is 13.7. The lowest BCUT2D eigenvalue weighted by Gasteiger charge is -2.12. The number of nitriles is 1. The van der Waals surface area contributed by atoms with Crippen molar-refractivity contribution in [1.82, 2.24) is 0 Å². The third-order valence-corrected chi connectivity index (χ3v) is 4.19. The summed E-state index contributed by atoms with van der Waals surface area (Å²) in [6.07, 6.45) is 2.78. The summed E-state index contributed by atoms with van der Waals surface area (Å²) in [4.78, 5) is 23.9. The quantitative estimate of drug-likeness (QED) is 0.256. The van der Waals surface area contributed by atoms with Gasteiger partial charge in [-0.2, -0.15) is 5.26 Å². The summed E-state index contributed by atoms with van der Waals surface area (Å²) < 4.78 is 16.6. The molecule has 0 aromatic heterocycles. The lowest BCUT2D eigenvalue weighted by atomic mass is 10.1. The fourth-order valence-corrected chi connectivity index (χ4v) is 2.55. The molecule has 0 atom stereocenters. The predicted molar refractivity (Wildman–Crippen MR) is 116 cm³/mol. The number of nitrogens with zero attached hydrogens (tertiary/aromatic N) is 1. The number of carbonyl (C=O) groups is 2. The molecule has 0 aliphatic rings. The lowest BCUT2D eigenvalue weighted by molar-refractivity contribution is -0.137. The summed E-state index contributed by atoms with van der Waals surface area (Å²) >= 11 is 3.33. The number of amides is 1. The molecule has 0 bridgehead atoms. The van der Waals surface area contributed by atoms with Crippen LogP contribution in [0.4, 0.5) is 5.69 Å². The Labute approximate surface area is 182 Å². The van der Waals surface area contributed by atoms with Gasteiger partial charge in [0.25, 0.3) is 5.91 Å². The maximum atomic E-state index is 12.1. The number of anilines is 1. The molecule has 154 valence electrons. The molecule has 2 aromatic rings. The van der Waals surface area contributed by atoms with Crippen LogP contribution in [0.25, 0.3) is 6.08 Å². The van der Waals surface area contributed by atoms with Crippen molar-refractivity contribution in [3.63, 3.8) is 0 Å². The zero-order valence-corrected chi connectivity index (χ0v) is 17.8. The Morgan fingerprint density at radius 2 is 1.93 bits per heavy atom. The molecule has 7 nitrogen and oxygen atoms in total. The van der Waals surface area contributed by atoms with Crippen molar-refractivity contribution in [3.05, 3.63) is 70.7 Å². The summed E-state index contributed by atoms with van der Waals surface area (Å²) in [5, 5.41) is 11.9. The van der Waals surface area contributed by atoms with E-state index in [1.54, 1.807) is 36.4 Å². The third kappa shape index (κ3) is 6.79. The number of rotatable bonds is 9. The molecule has 2 aromatic carbocycles. The van der Waals surface area contributed by atoms with E-state index in [-0.39, 0.29) is 24.7 Å². The van der Waals surface area contributed by atoms with Crippen LogP contribution in [-0.2, 0) is 14.3 Å². The first kappa shape index (κ1) is 22.7. The minimum Gasteiger partial charge on any atom is -0.493 e. The zero-order valence-electron chi connectivity index (χ0n) is 16.2. The third-order valence-electron chi connectivity index (χ3n) is 3.66. The van der Waals surface area contributed by atoms with E-state index >= 15 is 0 Å². The van der Waals surface area contributed by atoms with Crippen LogP contribution >= 0.6 is 15.9 Å². The molecule has 0 aliphatic heterocycles. The molecule has 8 heteroatoms. The molecule has 0 saturated heterocycles. The van der Waals surface area contributed by atoms with Crippen molar-refractivity contribution in [2.75, 3.05) is 25.6 Å². The Hall–Kier alpha value is -3.57. The SMILES string of the molecule is C=CCOC(=O)/C(C#N)=C/c1ccc(OCC(=O)Nc2ccc(Br)cc2)c(OC)c1. The van der Waals surface area contributed by atoms with Gasteiger partial charge in [0, 0.05) is 10.2 Å².